The molecule has 0 aliphatic heterocycles. The summed E-state index contributed by atoms with van der Waals surface area (Å²) in [5, 5.41) is 7.65. The number of aromatic nitrogens is 2. The number of benzene rings is 2. The average molecular weight is 427 g/mol. The average Bonchev–Trinajstić information content (AvgIpc) is 3.58. The van der Waals surface area contributed by atoms with Crippen molar-refractivity contribution in [3.05, 3.63) is 82.7 Å². The van der Waals surface area contributed by atoms with Crippen LogP contribution in [-0.4, -0.2) is 44.2 Å². The molecule has 2 aliphatic rings. The molecule has 1 N–H and O–H groups in total. The molecule has 5 rings (SSSR count). The zero-order valence-corrected chi connectivity index (χ0v) is 19.2. The minimum atomic E-state index is -0.324. The molecule has 1 saturated carbocycles. The van der Waals surface area contributed by atoms with Gasteiger partial charge in [-0.1, -0.05) is 36.4 Å². The summed E-state index contributed by atoms with van der Waals surface area (Å²) in [6, 6.07) is 17.6. The van der Waals surface area contributed by atoms with Crippen molar-refractivity contribution in [3.8, 4) is 0 Å². The molecule has 5 nitrogen and oxygen atoms in total. The Morgan fingerprint density at radius 2 is 1.44 bits per heavy atom. The second-order valence-electron chi connectivity index (χ2n) is 9.47. The number of nitrogens with zero attached hydrogens (tertiary/aromatic N) is 3. The fourth-order valence-electron chi connectivity index (χ4n) is 4.67. The van der Waals surface area contributed by atoms with Gasteiger partial charge in [-0.05, 0) is 48.2 Å². The lowest BCUT2D eigenvalue weighted by molar-refractivity contribution is 0.0962. The van der Waals surface area contributed by atoms with E-state index >= 15 is 0 Å². The van der Waals surface area contributed by atoms with Gasteiger partial charge in [0.2, 0.25) is 0 Å². The number of hydrogen-bond acceptors (Lipinski definition) is 4. The highest BCUT2D eigenvalue weighted by Gasteiger charge is 2.39. The summed E-state index contributed by atoms with van der Waals surface area (Å²) in [6.07, 6.45) is 7.10. The van der Waals surface area contributed by atoms with Gasteiger partial charge in [0, 0.05) is 68.6 Å². The lowest BCUT2D eigenvalue weighted by Crippen LogP contribution is -2.31. The van der Waals surface area contributed by atoms with Crippen LogP contribution in [0.15, 0.2) is 54.6 Å². The van der Waals surface area contributed by atoms with Gasteiger partial charge in [-0.2, -0.15) is 5.10 Å². The molecule has 0 radical (unpaired) electrons. The van der Waals surface area contributed by atoms with Crippen molar-refractivity contribution in [1.82, 2.24) is 10.2 Å². The van der Waals surface area contributed by atoms with Crippen LogP contribution in [0.5, 0.6) is 0 Å². The molecule has 5 heteroatoms. The quantitative estimate of drug-likeness (QED) is 0.581. The highest BCUT2D eigenvalue weighted by molar-refractivity contribution is 6.01. The van der Waals surface area contributed by atoms with Gasteiger partial charge in [0.05, 0.1) is 0 Å². The molecule has 0 unspecified atom stereocenters. The van der Waals surface area contributed by atoms with Crippen LogP contribution in [0.2, 0.25) is 0 Å². The number of rotatable bonds is 6. The first-order valence-corrected chi connectivity index (χ1v) is 11.3. The minimum Gasteiger partial charge on any atom is -0.378 e. The van der Waals surface area contributed by atoms with Crippen LogP contribution < -0.4 is 9.80 Å². The van der Waals surface area contributed by atoms with Gasteiger partial charge >= 0.3 is 0 Å². The predicted molar refractivity (Wildman–Crippen MR) is 131 cm³/mol. The van der Waals surface area contributed by atoms with Gasteiger partial charge in [-0.3, -0.25) is 9.89 Å². The van der Waals surface area contributed by atoms with E-state index < -0.39 is 0 Å². The summed E-state index contributed by atoms with van der Waals surface area (Å²) in [4.78, 5) is 16.9. The van der Waals surface area contributed by atoms with E-state index in [-0.39, 0.29) is 17.1 Å². The minimum absolute atomic E-state index is 0.166. The fourth-order valence-corrected chi connectivity index (χ4v) is 4.67. The second kappa shape index (κ2) is 7.66. The monoisotopic (exact) mass is 426 g/mol. The highest BCUT2D eigenvalue weighted by Crippen LogP contribution is 2.43. The Bertz CT molecular complexity index is 1110. The van der Waals surface area contributed by atoms with Crippen LogP contribution in [-0.2, 0) is 11.8 Å². The van der Waals surface area contributed by atoms with Gasteiger partial charge in [0.15, 0.2) is 5.78 Å². The number of aromatic amines is 1. The Morgan fingerprint density at radius 3 is 1.91 bits per heavy atom. The maximum Gasteiger partial charge on any atom is 0.186 e. The molecular formula is C27H30N4O. The smallest absolute Gasteiger partial charge is 0.186 e. The fraction of sp³-hybridized carbons (Fsp3) is 0.333. The number of allylic oxidation sites excluding steroid dienone is 1. The Hall–Kier alpha value is -3.34. The van der Waals surface area contributed by atoms with Gasteiger partial charge in [0.1, 0.15) is 5.69 Å². The standard InChI is InChI=1S/C27H30N4O/c1-30(2)21-11-7-19(8-12-21)27(20-9-13-22(14-10-20)31(3)4)16-15-23-24(17-27)28-29-25(23)26(32)18-5-6-18/h7-16,18H,5-6,17H2,1-4H3,(H,28,29). The summed E-state index contributed by atoms with van der Waals surface area (Å²) in [5.41, 5.74) is 7.09. The molecule has 32 heavy (non-hydrogen) atoms. The van der Waals surface area contributed by atoms with Crippen LogP contribution in [0, 0.1) is 5.92 Å². The number of carbonyl (C=O) groups excluding carboxylic acids is 1. The van der Waals surface area contributed by atoms with Crippen molar-refractivity contribution in [3.63, 3.8) is 0 Å². The largest absolute Gasteiger partial charge is 0.378 e. The number of anilines is 2. The first-order chi connectivity index (χ1) is 15.4. The molecule has 164 valence electrons. The number of hydrogen-bond donors (Lipinski definition) is 1. The number of nitrogens with one attached hydrogen (secondary N) is 1. The van der Waals surface area contributed by atoms with Crippen molar-refractivity contribution in [2.24, 2.45) is 5.92 Å². The van der Waals surface area contributed by atoms with Gasteiger partial charge < -0.3 is 9.80 Å². The van der Waals surface area contributed by atoms with Crippen LogP contribution in [0.4, 0.5) is 11.4 Å². The van der Waals surface area contributed by atoms with Crippen molar-refractivity contribution < 1.29 is 4.79 Å². The zero-order valence-electron chi connectivity index (χ0n) is 19.2. The molecule has 0 atom stereocenters. The van der Waals surface area contributed by atoms with Crippen LogP contribution in [0.25, 0.3) is 6.08 Å². The molecule has 0 saturated heterocycles. The third-order valence-electron chi connectivity index (χ3n) is 6.85. The maximum atomic E-state index is 12.7. The van der Waals surface area contributed by atoms with E-state index in [1.807, 2.05) is 0 Å². The molecule has 0 amide bonds. The van der Waals surface area contributed by atoms with E-state index in [1.54, 1.807) is 0 Å². The van der Waals surface area contributed by atoms with Crippen molar-refractivity contribution in [2.75, 3.05) is 38.0 Å². The summed E-state index contributed by atoms with van der Waals surface area (Å²) in [5.74, 6) is 0.352. The van der Waals surface area contributed by atoms with Gasteiger partial charge in [-0.25, -0.2) is 0 Å². The first kappa shape index (κ1) is 20.6. The van der Waals surface area contributed by atoms with E-state index in [4.69, 9.17) is 0 Å². The molecule has 0 bridgehead atoms. The third-order valence-corrected chi connectivity index (χ3v) is 6.85. The molecule has 2 aromatic carbocycles. The molecule has 1 fully saturated rings. The van der Waals surface area contributed by atoms with Crippen LogP contribution in [0.1, 0.15) is 45.7 Å². The van der Waals surface area contributed by atoms with E-state index in [1.165, 1.54) is 22.5 Å². The van der Waals surface area contributed by atoms with Gasteiger partial charge in [-0.15, -0.1) is 0 Å². The first-order valence-electron chi connectivity index (χ1n) is 11.3. The molecular weight excluding hydrogens is 396 g/mol. The van der Waals surface area contributed by atoms with E-state index in [0.717, 1.165) is 30.5 Å². The van der Waals surface area contributed by atoms with Crippen LogP contribution in [0.3, 0.4) is 0 Å². The summed E-state index contributed by atoms with van der Waals surface area (Å²) < 4.78 is 0. The number of Topliss-reactive ketones (excluding diaryl/α,β-unsaturated/α-hetero) is 1. The number of ketones is 1. The molecule has 3 aromatic rings. The maximum absolute atomic E-state index is 12.7. The molecule has 2 aliphatic carbocycles. The topological polar surface area (TPSA) is 52.2 Å². The number of H-pyrrole nitrogens is 1. The number of fused-ring (bicyclic) bond motifs is 1. The summed E-state index contributed by atoms with van der Waals surface area (Å²) in [6.45, 7) is 0. The molecule has 0 spiro atoms. The van der Waals surface area contributed by atoms with Gasteiger partial charge in [0.25, 0.3) is 0 Å². The molecule has 1 aromatic heterocycles. The SMILES string of the molecule is CN(C)c1ccc(C2(c3ccc(N(C)C)cc3)C=Cc3c(C(=O)C4CC4)n[nH]c3C2)cc1. The summed E-state index contributed by atoms with van der Waals surface area (Å²) >= 11 is 0. The van der Waals surface area contributed by atoms with Crippen molar-refractivity contribution in [1.29, 1.82) is 0 Å². The Morgan fingerprint density at radius 1 is 0.906 bits per heavy atom. The van der Waals surface area contributed by atoms with E-state index in [0.29, 0.717) is 5.69 Å². The Kier molecular flexibility index (Phi) is 4.92. The summed E-state index contributed by atoms with van der Waals surface area (Å²) in [7, 11) is 8.22. The second-order valence-corrected chi connectivity index (χ2v) is 9.47. The molecule has 1 heterocycles. The lowest BCUT2D eigenvalue weighted by atomic mass is 9.68. The third kappa shape index (κ3) is 3.42. The Balaban J connectivity index is 1.60. The van der Waals surface area contributed by atoms with E-state index in [2.05, 4.69) is 109 Å². The zero-order chi connectivity index (χ0) is 22.5. The van der Waals surface area contributed by atoms with Crippen molar-refractivity contribution >= 4 is 23.2 Å². The predicted octanol–water partition coefficient (Wildman–Crippen LogP) is 4.69. The number of carbonyl (C=O) groups is 1. The van der Waals surface area contributed by atoms with Crippen molar-refractivity contribution in [2.45, 2.75) is 24.7 Å². The lowest BCUT2D eigenvalue weighted by Gasteiger charge is -2.35. The Labute approximate surface area is 189 Å². The highest BCUT2D eigenvalue weighted by atomic mass is 16.1. The van der Waals surface area contributed by atoms with Crippen LogP contribution >= 0.6 is 0 Å². The normalized spacial score (nSPS) is 16.5. The van der Waals surface area contributed by atoms with E-state index in [9.17, 15) is 4.79 Å².